The number of carbonyl (C=O) groups excluding carboxylic acids is 1. The monoisotopic (exact) mass is 247 g/mol. The normalized spacial score (nSPS) is 10.3. The predicted molar refractivity (Wildman–Crippen MR) is 64.3 cm³/mol. The van der Waals surface area contributed by atoms with E-state index in [9.17, 15) is 9.90 Å². The molecule has 0 unspecified atom stereocenters. The van der Waals surface area contributed by atoms with Crippen LogP contribution < -0.4 is 4.74 Å². The summed E-state index contributed by atoms with van der Waals surface area (Å²) in [7, 11) is 0. The molecule has 1 heterocycles. The van der Waals surface area contributed by atoms with Gasteiger partial charge in [-0.25, -0.2) is 0 Å². The number of hydrogen-bond donors (Lipinski definition) is 1. The predicted octanol–water partition coefficient (Wildman–Crippen LogP) is 2.67. The highest BCUT2D eigenvalue weighted by Crippen LogP contribution is 2.34. The highest BCUT2D eigenvalue weighted by atomic mass is 16.6. The molecule has 0 spiro atoms. The van der Waals surface area contributed by atoms with E-state index in [-0.39, 0.29) is 24.1 Å². The van der Waals surface area contributed by atoms with Crippen molar-refractivity contribution in [1.29, 1.82) is 0 Å². The second kappa shape index (κ2) is 4.91. The standard InChI is InChI=1S/C13H13NO4/c1-3-11(16)17-13-12(8(2)14-18-13)9-4-6-10(15)7-5-9/h4-7,15H,3H2,1-2H3. The number of nitrogens with zero attached hydrogens (tertiary/aromatic N) is 1. The summed E-state index contributed by atoms with van der Waals surface area (Å²) in [5.74, 6) is -0.129. The average Bonchev–Trinajstić information content (AvgIpc) is 2.72. The average molecular weight is 247 g/mol. The molecule has 0 aliphatic heterocycles. The van der Waals surface area contributed by atoms with Gasteiger partial charge in [0.25, 0.3) is 0 Å². The van der Waals surface area contributed by atoms with Gasteiger partial charge in [0.1, 0.15) is 5.75 Å². The van der Waals surface area contributed by atoms with Crippen molar-refractivity contribution in [2.24, 2.45) is 0 Å². The molecule has 0 radical (unpaired) electrons. The minimum Gasteiger partial charge on any atom is -0.508 e. The number of aryl methyl sites for hydroxylation is 1. The zero-order valence-corrected chi connectivity index (χ0v) is 10.1. The molecule has 0 saturated carbocycles. The number of ether oxygens (including phenoxy) is 1. The Balaban J connectivity index is 2.40. The highest BCUT2D eigenvalue weighted by Gasteiger charge is 2.18. The maximum absolute atomic E-state index is 11.3. The van der Waals surface area contributed by atoms with Crippen LogP contribution in [0.3, 0.4) is 0 Å². The van der Waals surface area contributed by atoms with E-state index < -0.39 is 0 Å². The molecule has 0 atom stereocenters. The molecule has 0 bridgehead atoms. The molecule has 94 valence electrons. The second-order valence-electron chi connectivity index (χ2n) is 3.80. The van der Waals surface area contributed by atoms with Crippen LogP contribution in [-0.4, -0.2) is 16.2 Å². The summed E-state index contributed by atoms with van der Waals surface area (Å²) in [6.07, 6.45) is 0.259. The van der Waals surface area contributed by atoms with Crippen LogP contribution >= 0.6 is 0 Å². The third-order valence-corrected chi connectivity index (χ3v) is 2.48. The largest absolute Gasteiger partial charge is 0.508 e. The third kappa shape index (κ3) is 2.34. The molecular weight excluding hydrogens is 234 g/mol. The fraction of sp³-hybridized carbons (Fsp3) is 0.231. The van der Waals surface area contributed by atoms with Crippen molar-refractivity contribution in [3.05, 3.63) is 30.0 Å². The number of rotatable bonds is 3. The van der Waals surface area contributed by atoms with E-state index in [1.165, 1.54) is 0 Å². The maximum Gasteiger partial charge on any atom is 0.327 e. The minimum atomic E-state index is -0.383. The molecule has 5 nitrogen and oxygen atoms in total. The van der Waals surface area contributed by atoms with Crippen LogP contribution in [0, 0.1) is 6.92 Å². The molecule has 2 rings (SSSR count). The van der Waals surface area contributed by atoms with E-state index in [0.717, 1.165) is 5.56 Å². The van der Waals surface area contributed by atoms with Crippen molar-refractivity contribution < 1.29 is 19.2 Å². The van der Waals surface area contributed by atoms with Gasteiger partial charge in [0, 0.05) is 6.42 Å². The highest BCUT2D eigenvalue weighted by molar-refractivity contribution is 5.77. The van der Waals surface area contributed by atoms with Crippen LogP contribution in [-0.2, 0) is 4.79 Å². The molecule has 18 heavy (non-hydrogen) atoms. The van der Waals surface area contributed by atoms with Crippen molar-refractivity contribution in [3.8, 4) is 22.8 Å². The van der Waals surface area contributed by atoms with Gasteiger partial charge in [0.05, 0.1) is 11.3 Å². The Morgan fingerprint density at radius 3 is 2.67 bits per heavy atom. The third-order valence-electron chi connectivity index (χ3n) is 2.48. The Morgan fingerprint density at radius 2 is 2.06 bits per heavy atom. The van der Waals surface area contributed by atoms with Crippen LogP contribution in [0.2, 0.25) is 0 Å². The van der Waals surface area contributed by atoms with Gasteiger partial charge in [-0.3, -0.25) is 4.79 Å². The van der Waals surface area contributed by atoms with Crippen molar-refractivity contribution in [2.75, 3.05) is 0 Å². The van der Waals surface area contributed by atoms with Crippen LogP contribution in [0.1, 0.15) is 19.0 Å². The van der Waals surface area contributed by atoms with Gasteiger partial charge in [-0.15, -0.1) is 0 Å². The molecule has 0 amide bonds. The number of aromatic nitrogens is 1. The van der Waals surface area contributed by atoms with Gasteiger partial charge in [-0.1, -0.05) is 24.2 Å². The molecule has 2 aromatic rings. The van der Waals surface area contributed by atoms with Gasteiger partial charge in [0.15, 0.2) is 0 Å². The lowest BCUT2D eigenvalue weighted by atomic mass is 10.1. The molecule has 0 aliphatic carbocycles. The van der Waals surface area contributed by atoms with Crippen LogP contribution in [0.4, 0.5) is 0 Å². The first kappa shape index (κ1) is 12.2. The lowest BCUT2D eigenvalue weighted by molar-refractivity contribution is -0.135. The Bertz CT molecular complexity index is 557. The summed E-state index contributed by atoms with van der Waals surface area (Å²) in [4.78, 5) is 11.3. The molecular formula is C13H13NO4. The quantitative estimate of drug-likeness (QED) is 0.844. The number of phenols is 1. The van der Waals surface area contributed by atoms with E-state index in [1.54, 1.807) is 38.1 Å². The fourth-order valence-corrected chi connectivity index (χ4v) is 1.55. The first-order chi connectivity index (χ1) is 8.61. The van der Waals surface area contributed by atoms with E-state index in [0.29, 0.717) is 11.3 Å². The number of carbonyl (C=O) groups is 1. The maximum atomic E-state index is 11.3. The summed E-state index contributed by atoms with van der Waals surface area (Å²) in [6, 6.07) is 6.51. The smallest absolute Gasteiger partial charge is 0.327 e. The van der Waals surface area contributed by atoms with Crippen molar-refractivity contribution in [3.63, 3.8) is 0 Å². The van der Waals surface area contributed by atoms with Gasteiger partial charge in [-0.2, -0.15) is 0 Å². The Morgan fingerprint density at radius 1 is 1.39 bits per heavy atom. The summed E-state index contributed by atoms with van der Waals surface area (Å²) in [5, 5.41) is 13.0. The van der Waals surface area contributed by atoms with Gasteiger partial charge < -0.3 is 14.4 Å². The molecule has 1 N–H and O–H groups in total. The first-order valence-electron chi connectivity index (χ1n) is 5.58. The van der Waals surface area contributed by atoms with Crippen molar-refractivity contribution >= 4 is 5.97 Å². The summed E-state index contributed by atoms with van der Waals surface area (Å²) in [5.41, 5.74) is 2.02. The van der Waals surface area contributed by atoms with E-state index in [4.69, 9.17) is 9.26 Å². The van der Waals surface area contributed by atoms with Crippen molar-refractivity contribution in [2.45, 2.75) is 20.3 Å². The minimum absolute atomic E-state index is 0.0880. The Labute approximate surface area is 104 Å². The zero-order chi connectivity index (χ0) is 13.1. The molecule has 0 saturated heterocycles. The van der Waals surface area contributed by atoms with E-state index >= 15 is 0 Å². The number of phenolic OH excluding ortho intramolecular Hbond substituents is 1. The second-order valence-corrected chi connectivity index (χ2v) is 3.80. The lowest BCUT2D eigenvalue weighted by Gasteiger charge is -2.03. The van der Waals surface area contributed by atoms with Crippen LogP contribution in [0.5, 0.6) is 11.7 Å². The SMILES string of the molecule is CCC(=O)Oc1onc(C)c1-c1ccc(O)cc1. The molecule has 0 fully saturated rings. The number of esters is 1. The van der Waals surface area contributed by atoms with Crippen molar-refractivity contribution in [1.82, 2.24) is 5.16 Å². The first-order valence-corrected chi connectivity index (χ1v) is 5.58. The van der Waals surface area contributed by atoms with Gasteiger partial charge >= 0.3 is 11.9 Å². The fourth-order valence-electron chi connectivity index (χ4n) is 1.55. The summed E-state index contributed by atoms with van der Waals surface area (Å²) >= 11 is 0. The molecule has 1 aromatic carbocycles. The van der Waals surface area contributed by atoms with Crippen LogP contribution in [0.25, 0.3) is 11.1 Å². The number of aromatic hydroxyl groups is 1. The molecule has 0 aliphatic rings. The molecule has 1 aromatic heterocycles. The number of benzene rings is 1. The van der Waals surface area contributed by atoms with E-state index in [1.807, 2.05) is 0 Å². The van der Waals surface area contributed by atoms with Crippen LogP contribution in [0.15, 0.2) is 28.8 Å². The Hall–Kier alpha value is -2.30. The zero-order valence-electron chi connectivity index (χ0n) is 10.1. The topological polar surface area (TPSA) is 72.6 Å². The van der Waals surface area contributed by atoms with E-state index in [2.05, 4.69) is 5.16 Å². The molecule has 5 heteroatoms. The summed E-state index contributed by atoms with van der Waals surface area (Å²) in [6.45, 7) is 3.46. The number of hydrogen-bond acceptors (Lipinski definition) is 5. The Kier molecular flexibility index (Phi) is 3.32. The van der Waals surface area contributed by atoms with Gasteiger partial charge in [0.2, 0.25) is 0 Å². The summed E-state index contributed by atoms with van der Waals surface area (Å²) < 4.78 is 10.1. The lowest BCUT2D eigenvalue weighted by Crippen LogP contribution is -2.05. The van der Waals surface area contributed by atoms with Gasteiger partial charge in [-0.05, 0) is 24.6 Å².